The van der Waals surface area contributed by atoms with Crippen molar-refractivity contribution in [2.45, 2.75) is 18.9 Å². The van der Waals surface area contributed by atoms with Crippen molar-refractivity contribution in [3.8, 4) is 0 Å². The first-order chi connectivity index (χ1) is 5.81. The summed E-state index contributed by atoms with van der Waals surface area (Å²) in [5.41, 5.74) is 2.75. The Hall–Kier alpha value is -0.0500. The Labute approximate surface area is 85.4 Å². The quantitative estimate of drug-likeness (QED) is 0.751. The van der Waals surface area contributed by atoms with Gasteiger partial charge in [0.1, 0.15) is 0 Å². The van der Waals surface area contributed by atoms with Gasteiger partial charge in [-0.2, -0.15) is 0 Å². The summed E-state index contributed by atoms with van der Waals surface area (Å²) in [6.07, 6.45) is 2.23. The minimum absolute atomic E-state index is 0.342. The lowest BCUT2D eigenvalue weighted by molar-refractivity contribution is 0.660. The molecule has 0 bridgehead atoms. The van der Waals surface area contributed by atoms with Gasteiger partial charge in [0, 0.05) is 10.5 Å². The molecule has 0 heterocycles. The Morgan fingerprint density at radius 3 is 3.08 bits per heavy atom. The van der Waals surface area contributed by atoms with Gasteiger partial charge < -0.3 is 0 Å². The fourth-order valence-electron chi connectivity index (χ4n) is 1.70. The molecule has 2 rings (SSSR count). The molecule has 3 heteroatoms. The van der Waals surface area contributed by atoms with Crippen molar-refractivity contribution < 1.29 is 0 Å². The fraction of sp³-hybridized carbons (Fsp3) is 0.333. The number of rotatable bonds is 1. The summed E-state index contributed by atoms with van der Waals surface area (Å²) in [4.78, 5) is 2.80. The number of halogens is 2. The molecule has 0 spiro atoms. The van der Waals surface area contributed by atoms with E-state index < -0.39 is 0 Å². The molecular weight excluding hydrogens is 237 g/mol. The second-order valence-electron chi connectivity index (χ2n) is 3.04. The summed E-state index contributed by atoms with van der Waals surface area (Å²) in [5.74, 6) is 0. The van der Waals surface area contributed by atoms with Crippen LogP contribution in [0.2, 0.25) is 0 Å². The van der Waals surface area contributed by atoms with Gasteiger partial charge in [0.2, 0.25) is 0 Å². The van der Waals surface area contributed by atoms with Crippen molar-refractivity contribution in [2.24, 2.45) is 0 Å². The highest BCUT2D eigenvalue weighted by atomic mass is 79.9. The Balaban J connectivity index is 2.40. The van der Waals surface area contributed by atoms with Crippen molar-refractivity contribution >= 4 is 27.7 Å². The zero-order valence-electron chi connectivity index (χ0n) is 6.48. The monoisotopic (exact) mass is 245 g/mol. The zero-order chi connectivity index (χ0) is 8.55. The molecule has 0 unspecified atom stereocenters. The average molecular weight is 247 g/mol. The van der Waals surface area contributed by atoms with Crippen molar-refractivity contribution in [3.63, 3.8) is 0 Å². The van der Waals surface area contributed by atoms with Crippen LogP contribution in [0, 0.1) is 0 Å². The minimum atomic E-state index is 0.342. The number of fused-ring (bicyclic) bond motifs is 1. The van der Waals surface area contributed by atoms with Gasteiger partial charge in [-0.05, 0) is 47.9 Å². The van der Waals surface area contributed by atoms with Gasteiger partial charge in [-0.15, -0.1) is 0 Å². The molecule has 0 amide bonds. The summed E-state index contributed by atoms with van der Waals surface area (Å²) in [5, 5.41) is 0. The van der Waals surface area contributed by atoms with Crippen LogP contribution < -0.4 is 4.84 Å². The van der Waals surface area contributed by atoms with E-state index in [1.807, 2.05) is 0 Å². The number of benzene rings is 1. The van der Waals surface area contributed by atoms with E-state index in [-0.39, 0.29) is 0 Å². The zero-order valence-corrected chi connectivity index (χ0v) is 8.82. The molecule has 0 aromatic heterocycles. The predicted octanol–water partition coefficient (Wildman–Crippen LogP) is 3.18. The smallest absolute Gasteiger partial charge is 0.0476 e. The van der Waals surface area contributed by atoms with Gasteiger partial charge in [0.25, 0.3) is 0 Å². The van der Waals surface area contributed by atoms with Crippen molar-refractivity contribution in [3.05, 3.63) is 33.8 Å². The molecule has 12 heavy (non-hydrogen) atoms. The van der Waals surface area contributed by atoms with E-state index in [2.05, 4.69) is 39.0 Å². The molecule has 1 atom stereocenters. The molecule has 1 aromatic carbocycles. The molecule has 1 nitrogen and oxygen atoms in total. The van der Waals surface area contributed by atoms with Crippen LogP contribution in [-0.4, -0.2) is 0 Å². The molecule has 0 saturated heterocycles. The summed E-state index contributed by atoms with van der Waals surface area (Å²) < 4.78 is 1.15. The molecule has 1 aliphatic rings. The van der Waals surface area contributed by atoms with Crippen molar-refractivity contribution in [1.29, 1.82) is 0 Å². The first-order valence-corrected chi connectivity index (χ1v) is 5.13. The van der Waals surface area contributed by atoms with Crippen LogP contribution in [0.5, 0.6) is 0 Å². The molecule has 0 fully saturated rings. The van der Waals surface area contributed by atoms with Crippen LogP contribution in [0.25, 0.3) is 0 Å². The van der Waals surface area contributed by atoms with E-state index in [1.165, 1.54) is 11.1 Å². The fourth-order valence-corrected chi connectivity index (χ4v) is 2.33. The van der Waals surface area contributed by atoms with Crippen molar-refractivity contribution in [1.82, 2.24) is 4.84 Å². The molecule has 0 radical (unpaired) electrons. The minimum Gasteiger partial charge on any atom is -0.226 e. The molecule has 0 saturated carbocycles. The maximum Gasteiger partial charge on any atom is 0.0476 e. The number of hydrogen-bond donors (Lipinski definition) is 1. The van der Waals surface area contributed by atoms with Gasteiger partial charge in [-0.3, -0.25) is 0 Å². The van der Waals surface area contributed by atoms with E-state index in [0.29, 0.717) is 6.04 Å². The van der Waals surface area contributed by atoms with Crippen molar-refractivity contribution in [2.75, 3.05) is 0 Å². The maximum absolute atomic E-state index is 5.61. The van der Waals surface area contributed by atoms with Gasteiger partial charge in [0.05, 0.1) is 0 Å². The Morgan fingerprint density at radius 1 is 1.50 bits per heavy atom. The van der Waals surface area contributed by atoms with Crippen LogP contribution in [0.3, 0.4) is 0 Å². The average Bonchev–Trinajstić information content (AvgIpc) is 2.46. The third-order valence-corrected chi connectivity index (χ3v) is 3.07. The van der Waals surface area contributed by atoms with E-state index in [4.69, 9.17) is 11.8 Å². The first kappa shape index (κ1) is 8.54. The maximum atomic E-state index is 5.61. The highest BCUT2D eigenvalue weighted by Gasteiger charge is 2.20. The van der Waals surface area contributed by atoms with E-state index in [9.17, 15) is 0 Å². The predicted molar refractivity (Wildman–Crippen MR) is 54.2 cm³/mol. The first-order valence-electron chi connectivity index (χ1n) is 3.96. The highest BCUT2D eigenvalue weighted by molar-refractivity contribution is 9.10. The van der Waals surface area contributed by atoms with Crippen LogP contribution >= 0.6 is 27.7 Å². The number of nitrogens with one attached hydrogen (secondary N) is 1. The Kier molecular flexibility index (Phi) is 2.40. The number of aryl methyl sites for hydroxylation is 1. The highest BCUT2D eigenvalue weighted by Crippen LogP contribution is 2.32. The molecule has 1 aromatic rings. The van der Waals surface area contributed by atoms with Gasteiger partial charge in [-0.25, -0.2) is 4.84 Å². The van der Waals surface area contributed by atoms with E-state index >= 15 is 0 Å². The van der Waals surface area contributed by atoms with E-state index in [1.54, 1.807) is 0 Å². The third-order valence-electron chi connectivity index (χ3n) is 2.31. The van der Waals surface area contributed by atoms with E-state index in [0.717, 1.165) is 17.3 Å². The Bertz CT molecular complexity index is 301. The van der Waals surface area contributed by atoms with Crippen LogP contribution in [-0.2, 0) is 6.42 Å². The molecular formula is C9H9BrClN. The van der Waals surface area contributed by atoms with Crippen LogP contribution in [0.1, 0.15) is 23.6 Å². The Morgan fingerprint density at radius 2 is 2.33 bits per heavy atom. The lowest BCUT2D eigenvalue weighted by Gasteiger charge is -2.07. The second kappa shape index (κ2) is 3.36. The van der Waals surface area contributed by atoms with Gasteiger partial charge >= 0.3 is 0 Å². The van der Waals surface area contributed by atoms with Gasteiger partial charge in [-0.1, -0.05) is 22.0 Å². The topological polar surface area (TPSA) is 12.0 Å². The summed E-state index contributed by atoms with van der Waals surface area (Å²) >= 11 is 9.07. The molecule has 0 aliphatic heterocycles. The normalized spacial score (nSPS) is 21.0. The molecule has 1 N–H and O–H groups in total. The SMILES string of the molecule is ClN[C@H]1CCc2cc(Br)ccc21. The molecule has 1 aliphatic carbocycles. The lowest BCUT2D eigenvalue weighted by atomic mass is 10.1. The van der Waals surface area contributed by atoms with Gasteiger partial charge in [0.15, 0.2) is 0 Å². The van der Waals surface area contributed by atoms with Crippen LogP contribution in [0.15, 0.2) is 22.7 Å². The summed E-state index contributed by atoms with van der Waals surface area (Å²) in [6, 6.07) is 6.70. The summed E-state index contributed by atoms with van der Waals surface area (Å²) in [6.45, 7) is 0. The third kappa shape index (κ3) is 1.39. The summed E-state index contributed by atoms with van der Waals surface area (Å²) in [7, 11) is 0. The van der Waals surface area contributed by atoms with Crippen LogP contribution in [0.4, 0.5) is 0 Å². The number of hydrogen-bond acceptors (Lipinski definition) is 1. The lowest BCUT2D eigenvalue weighted by Crippen LogP contribution is -2.06. The standard InChI is InChI=1S/C9H9BrClN/c10-7-2-3-8-6(5-7)1-4-9(8)12-11/h2-3,5,9,12H,1,4H2/t9-/m0/s1. The largest absolute Gasteiger partial charge is 0.226 e. The second-order valence-corrected chi connectivity index (χ2v) is 4.18. The molecule has 64 valence electrons.